The molecule has 0 aliphatic carbocycles. The lowest BCUT2D eigenvalue weighted by molar-refractivity contribution is -0.902. The zero-order valence-corrected chi connectivity index (χ0v) is 7.45. The van der Waals surface area contributed by atoms with Gasteiger partial charge in [0.1, 0.15) is 12.7 Å². The van der Waals surface area contributed by atoms with Gasteiger partial charge in [-0.15, -0.1) is 0 Å². The summed E-state index contributed by atoms with van der Waals surface area (Å²) in [7, 11) is 2.73. The largest absolute Gasteiger partial charge is 0.438 e. The van der Waals surface area contributed by atoms with E-state index in [0.29, 0.717) is 0 Å². The molecule has 0 rings (SSSR count). The quantitative estimate of drug-likeness (QED) is 0.469. The molecule has 0 heterocycles. The van der Waals surface area contributed by atoms with Crippen LogP contribution in [0.2, 0.25) is 0 Å². The van der Waals surface area contributed by atoms with Gasteiger partial charge in [0.05, 0.1) is 14.1 Å². The summed E-state index contributed by atoms with van der Waals surface area (Å²) >= 11 is 0. The van der Waals surface area contributed by atoms with Crippen LogP contribution in [0, 0.1) is 0 Å². The molecule has 0 aromatic rings. The second-order valence-electron chi connectivity index (χ2n) is 3.67. The lowest BCUT2D eigenvalue weighted by Gasteiger charge is -2.30. The molecule has 0 aliphatic heterocycles. The van der Waals surface area contributed by atoms with E-state index in [1.54, 1.807) is 0 Å². The first-order chi connectivity index (χ1) is 5.12. The summed E-state index contributed by atoms with van der Waals surface area (Å²) in [5.41, 5.74) is 0. The number of nitrogens with zero attached hydrogens (tertiary/aromatic N) is 1. The highest BCUT2D eigenvalue weighted by Gasteiger charge is 2.37. The van der Waals surface area contributed by atoms with Gasteiger partial charge in [-0.1, -0.05) is 0 Å². The highest BCUT2D eigenvalue weighted by atomic mass is 19.4. The third-order valence-corrected chi connectivity index (χ3v) is 1.35. The highest BCUT2D eigenvalue weighted by Crippen LogP contribution is 2.19. The van der Waals surface area contributed by atoms with Crippen LogP contribution in [0.5, 0.6) is 0 Å². The van der Waals surface area contributed by atoms with Gasteiger partial charge >= 0.3 is 6.18 Å². The maximum absolute atomic E-state index is 12.4. The van der Waals surface area contributed by atoms with Crippen molar-refractivity contribution in [2.24, 2.45) is 0 Å². The molecule has 0 fully saturated rings. The van der Waals surface area contributed by atoms with Gasteiger partial charge < -0.3 is 4.48 Å². The normalized spacial score (nSPS) is 16.2. The van der Waals surface area contributed by atoms with E-state index in [1.807, 2.05) is 0 Å². The summed E-state index contributed by atoms with van der Waals surface area (Å²) in [6.45, 7) is 0.164. The average molecular weight is 188 g/mol. The Morgan fingerprint density at radius 3 is 1.92 bits per heavy atom. The molecule has 0 N–H and O–H groups in total. The number of halogens is 4. The lowest BCUT2D eigenvalue weighted by Crippen LogP contribution is -2.49. The smallest absolute Gasteiger partial charge is 0.319 e. The predicted octanol–water partition coefficient (Wildman–Crippen LogP) is 1.98. The Bertz CT molecular complexity index is 139. The Labute approximate surface area is 69.6 Å². The molecule has 1 unspecified atom stereocenters. The van der Waals surface area contributed by atoms with Gasteiger partial charge in [0.2, 0.25) is 0 Å². The van der Waals surface area contributed by atoms with Crippen molar-refractivity contribution in [1.29, 1.82) is 0 Å². The fourth-order valence-electron chi connectivity index (χ4n) is 1.23. The van der Waals surface area contributed by atoms with Crippen LogP contribution in [0.15, 0.2) is 0 Å². The van der Waals surface area contributed by atoms with Crippen molar-refractivity contribution in [1.82, 2.24) is 0 Å². The third kappa shape index (κ3) is 6.39. The van der Waals surface area contributed by atoms with Crippen molar-refractivity contribution in [2.45, 2.75) is 19.3 Å². The zero-order chi connectivity index (χ0) is 9.99. The molecule has 0 saturated carbocycles. The van der Waals surface area contributed by atoms with E-state index in [2.05, 4.69) is 0 Å². The van der Waals surface area contributed by atoms with Crippen LogP contribution in [-0.2, 0) is 0 Å². The van der Waals surface area contributed by atoms with E-state index < -0.39 is 18.9 Å². The molecule has 0 aliphatic rings. The summed E-state index contributed by atoms with van der Waals surface area (Å²) in [6, 6.07) is 0. The van der Waals surface area contributed by atoms with E-state index in [1.165, 1.54) is 21.0 Å². The first kappa shape index (κ1) is 11.7. The number of rotatable bonds is 3. The van der Waals surface area contributed by atoms with Crippen LogP contribution in [-0.4, -0.2) is 44.0 Å². The van der Waals surface area contributed by atoms with E-state index in [-0.39, 0.29) is 11.0 Å². The van der Waals surface area contributed by atoms with Gasteiger partial charge in [-0.05, 0) is 6.92 Å². The molecule has 74 valence electrons. The van der Waals surface area contributed by atoms with E-state index in [4.69, 9.17) is 0 Å². The Balaban J connectivity index is 4.04. The number of hydrogen-bond donors (Lipinski definition) is 0. The minimum absolute atomic E-state index is 0.112. The van der Waals surface area contributed by atoms with Crippen LogP contribution in [0.4, 0.5) is 17.6 Å². The molecule has 1 nitrogen and oxygen atoms in total. The average Bonchev–Trinajstić information content (AvgIpc) is 1.48. The molecule has 0 spiro atoms. The van der Waals surface area contributed by atoms with Gasteiger partial charge in [0, 0.05) is 0 Å². The number of quaternary nitrogens is 1. The Kier molecular flexibility index (Phi) is 3.50. The van der Waals surface area contributed by atoms with Crippen molar-refractivity contribution in [3.05, 3.63) is 0 Å². The molecule has 0 amide bonds. The summed E-state index contributed by atoms with van der Waals surface area (Å²) < 4.78 is 47.6. The molecule has 0 radical (unpaired) electrons. The monoisotopic (exact) mass is 188 g/mol. The predicted molar refractivity (Wildman–Crippen MR) is 38.5 cm³/mol. The first-order valence-electron chi connectivity index (χ1n) is 3.65. The van der Waals surface area contributed by atoms with Crippen molar-refractivity contribution in [3.63, 3.8) is 0 Å². The lowest BCUT2D eigenvalue weighted by atomic mass is 10.3. The van der Waals surface area contributed by atoms with Gasteiger partial charge in [0.25, 0.3) is 0 Å². The van der Waals surface area contributed by atoms with Crippen molar-refractivity contribution < 1.29 is 22.0 Å². The molecule has 0 bridgehead atoms. The van der Waals surface area contributed by atoms with Crippen LogP contribution in [0.1, 0.15) is 6.92 Å². The molecule has 0 aromatic heterocycles. The SMILES string of the molecule is CC(F)C[N+](C)(C)CC(F)(F)F. The Morgan fingerprint density at radius 2 is 1.67 bits per heavy atom. The summed E-state index contributed by atoms with van der Waals surface area (Å²) in [6.07, 6.45) is -5.43. The van der Waals surface area contributed by atoms with Gasteiger partial charge in [0.15, 0.2) is 6.54 Å². The standard InChI is InChI=1S/C7H14F4N/c1-6(8)4-12(2,3)5-7(9,10)11/h6H,4-5H2,1-3H3/q+1. The number of alkyl halides is 4. The molecular weight excluding hydrogens is 174 g/mol. The van der Waals surface area contributed by atoms with E-state index >= 15 is 0 Å². The Morgan fingerprint density at radius 1 is 1.25 bits per heavy atom. The Hall–Kier alpha value is -0.320. The summed E-state index contributed by atoms with van der Waals surface area (Å²) in [4.78, 5) is 0. The summed E-state index contributed by atoms with van der Waals surface area (Å²) in [5, 5.41) is 0. The fraction of sp³-hybridized carbons (Fsp3) is 1.00. The molecule has 12 heavy (non-hydrogen) atoms. The topological polar surface area (TPSA) is 0 Å². The fourth-order valence-corrected chi connectivity index (χ4v) is 1.23. The second kappa shape index (κ2) is 3.60. The third-order valence-electron chi connectivity index (χ3n) is 1.35. The van der Waals surface area contributed by atoms with Crippen molar-refractivity contribution in [3.8, 4) is 0 Å². The number of hydrogen-bond acceptors (Lipinski definition) is 0. The van der Waals surface area contributed by atoms with Crippen LogP contribution >= 0.6 is 0 Å². The van der Waals surface area contributed by atoms with Crippen LogP contribution < -0.4 is 0 Å². The molecule has 0 aromatic carbocycles. The van der Waals surface area contributed by atoms with E-state index in [0.717, 1.165) is 0 Å². The second-order valence-corrected chi connectivity index (χ2v) is 3.67. The van der Waals surface area contributed by atoms with Crippen molar-refractivity contribution in [2.75, 3.05) is 27.2 Å². The van der Waals surface area contributed by atoms with Crippen LogP contribution in [0.25, 0.3) is 0 Å². The van der Waals surface area contributed by atoms with Crippen molar-refractivity contribution >= 4 is 0 Å². The van der Waals surface area contributed by atoms with Crippen LogP contribution in [0.3, 0.4) is 0 Å². The minimum atomic E-state index is -4.22. The zero-order valence-electron chi connectivity index (χ0n) is 7.45. The highest BCUT2D eigenvalue weighted by molar-refractivity contribution is 4.50. The first-order valence-corrected chi connectivity index (χ1v) is 3.65. The van der Waals surface area contributed by atoms with Gasteiger partial charge in [-0.2, -0.15) is 13.2 Å². The molecule has 0 saturated heterocycles. The molecule has 1 atom stereocenters. The molecular formula is C7H14F4N+. The summed E-state index contributed by atoms with van der Waals surface area (Å²) in [5.74, 6) is 0. The minimum Gasteiger partial charge on any atom is -0.319 e. The van der Waals surface area contributed by atoms with Gasteiger partial charge in [-0.25, -0.2) is 4.39 Å². The maximum atomic E-state index is 12.4. The maximum Gasteiger partial charge on any atom is 0.438 e. The molecule has 5 heteroatoms. The van der Waals surface area contributed by atoms with E-state index in [9.17, 15) is 17.6 Å². The van der Waals surface area contributed by atoms with Gasteiger partial charge in [-0.3, -0.25) is 0 Å².